The van der Waals surface area contributed by atoms with Gasteiger partial charge in [-0.1, -0.05) is 40.9 Å². The molecule has 0 aromatic heterocycles. The molecule has 2 nitrogen and oxygen atoms in total. The van der Waals surface area contributed by atoms with Crippen molar-refractivity contribution < 1.29 is 0 Å². The summed E-state index contributed by atoms with van der Waals surface area (Å²) in [5.74, 6) is 0. The Kier molecular flexibility index (Phi) is 3.98. The van der Waals surface area contributed by atoms with Crippen LogP contribution in [0.4, 0.5) is 11.4 Å². The van der Waals surface area contributed by atoms with E-state index in [-0.39, 0.29) is 0 Å². The normalized spacial score (nSPS) is 9.89. The van der Waals surface area contributed by atoms with E-state index >= 15 is 0 Å². The van der Waals surface area contributed by atoms with Crippen LogP contribution in [0.15, 0.2) is 36.4 Å². The second kappa shape index (κ2) is 5.49. The summed E-state index contributed by atoms with van der Waals surface area (Å²) in [6.45, 7) is 0. The van der Waals surface area contributed by atoms with Gasteiger partial charge in [0.2, 0.25) is 0 Å². The van der Waals surface area contributed by atoms with Crippen LogP contribution in [0.5, 0.6) is 0 Å². The van der Waals surface area contributed by atoms with Gasteiger partial charge >= 0.3 is 0 Å². The summed E-state index contributed by atoms with van der Waals surface area (Å²) < 4.78 is 0. The number of nitrogens with zero attached hydrogens (tertiary/aromatic N) is 1. The van der Waals surface area contributed by atoms with Crippen LogP contribution in [-0.4, -0.2) is 0 Å². The van der Waals surface area contributed by atoms with Gasteiger partial charge in [0, 0.05) is 5.02 Å². The number of benzene rings is 2. The topological polar surface area (TPSA) is 35.8 Å². The average Bonchev–Trinajstić information content (AvgIpc) is 2.33. The molecule has 0 bridgehead atoms. The zero-order valence-electron chi connectivity index (χ0n) is 9.05. The van der Waals surface area contributed by atoms with Gasteiger partial charge in [-0.3, -0.25) is 0 Å². The zero-order chi connectivity index (χ0) is 13.1. The average molecular weight is 298 g/mol. The van der Waals surface area contributed by atoms with Crippen molar-refractivity contribution >= 4 is 46.2 Å². The maximum Gasteiger partial charge on any atom is 0.103 e. The molecule has 1 N–H and O–H groups in total. The van der Waals surface area contributed by atoms with Crippen LogP contribution in [0.3, 0.4) is 0 Å². The zero-order valence-corrected chi connectivity index (χ0v) is 11.3. The summed E-state index contributed by atoms with van der Waals surface area (Å²) in [5.41, 5.74) is 1.65. The lowest BCUT2D eigenvalue weighted by Gasteiger charge is -2.10. The molecule has 0 fully saturated rings. The van der Waals surface area contributed by atoms with E-state index in [1.807, 2.05) is 0 Å². The third-order valence-electron chi connectivity index (χ3n) is 2.33. The van der Waals surface area contributed by atoms with Crippen molar-refractivity contribution in [2.75, 3.05) is 5.32 Å². The lowest BCUT2D eigenvalue weighted by atomic mass is 10.2. The second-order valence-electron chi connectivity index (χ2n) is 3.52. The van der Waals surface area contributed by atoms with Gasteiger partial charge in [-0.2, -0.15) is 5.26 Å². The van der Waals surface area contributed by atoms with Crippen LogP contribution in [0.25, 0.3) is 0 Å². The quantitative estimate of drug-likeness (QED) is 0.820. The van der Waals surface area contributed by atoms with Crippen molar-refractivity contribution in [3.8, 4) is 6.07 Å². The predicted molar refractivity (Wildman–Crippen MR) is 75.9 cm³/mol. The summed E-state index contributed by atoms with van der Waals surface area (Å²) in [4.78, 5) is 0. The maximum atomic E-state index is 9.06. The summed E-state index contributed by atoms with van der Waals surface area (Å²) in [5, 5.41) is 13.6. The molecule has 0 atom stereocenters. The van der Waals surface area contributed by atoms with Crippen LogP contribution >= 0.6 is 34.8 Å². The Hall–Kier alpha value is -1.40. The van der Waals surface area contributed by atoms with E-state index in [1.165, 1.54) is 0 Å². The van der Waals surface area contributed by atoms with E-state index in [4.69, 9.17) is 40.1 Å². The fourth-order valence-electron chi connectivity index (χ4n) is 1.48. The predicted octanol–water partition coefficient (Wildman–Crippen LogP) is 5.26. The number of hydrogen-bond acceptors (Lipinski definition) is 2. The minimum atomic E-state index is 0.380. The molecule has 2 aromatic carbocycles. The van der Waals surface area contributed by atoms with Gasteiger partial charge in [-0.15, -0.1) is 0 Å². The Bertz CT molecular complexity index is 633. The largest absolute Gasteiger partial charge is 0.353 e. The van der Waals surface area contributed by atoms with Gasteiger partial charge in [-0.05, 0) is 30.3 Å². The van der Waals surface area contributed by atoms with E-state index in [0.717, 1.165) is 0 Å². The Balaban J connectivity index is 2.41. The maximum absolute atomic E-state index is 9.06. The van der Waals surface area contributed by atoms with Crippen LogP contribution in [0, 0.1) is 11.3 Å². The first-order valence-corrected chi connectivity index (χ1v) is 6.16. The SMILES string of the molecule is N#Cc1c(Cl)cccc1Nc1ccc(Cl)cc1Cl. The molecule has 0 amide bonds. The monoisotopic (exact) mass is 296 g/mol. The molecule has 0 aliphatic rings. The highest BCUT2D eigenvalue weighted by Gasteiger charge is 2.08. The number of anilines is 2. The second-order valence-corrected chi connectivity index (χ2v) is 4.77. The summed E-state index contributed by atoms with van der Waals surface area (Å²) in [6.07, 6.45) is 0. The standard InChI is InChI=1S/C13H7Cl3N2/c14-8-4-5-13(11(16)6-8)18-12-3-1-2-10(15)9(12)7-17/h1-6,18H. The van der Waals surface area contributed by atoms with E-state index in [9.17, 15) is 0 Å². The third kappa shape index (κ3) is 2.70. The van der Waals surface area contributed by atoms with Gasteiger partial charge in [-0.25, -0.2) is 0 Å². The molecular formula is C13H7Cl3N2. The van der Waals surface area contributed by atoms with Crippen molar-refractivity contribution in [3.63, 3.8) is 0 Å². The number of nitriles is 1. The first kappa shape index (κ1) is 13.0. The molecule has 2 rings (SSSR count). The van der Waals surface area contributed by atoms with Gasteiger partial charge in [0.25, 0.3) is 0 Å². The Labute approximate surface area is 120 Å². The number of nitrogens with one attached hydrogen (secondary N) is 1. The number of halogens is 3. The van der Waals surface area contributed by atoms with E-state index in [1.54, 1.807) is 36.4 Å². The lowest BCUT2D eigenvalue weighted by Crippen LogP contribution is -1.94. The molecule has 0 saturated heterocycles. The van der Waals surface area contributed by atoms with Crippen molar-refractivity contribution in [3.05, 3.63) is 57.0 Å². The van der Waals surface area contributed by atoms with Gasteiger partial charge < -0.3 is 5.32 Å². The van der Waals surface area contributed by atoms with Crippen molar-refractivity contribution in [1.29, 1.82) is 5.26 Å². The first-order valence-electron chi connectivity index (χ1n) is 5.02. The molecule has 0 aliphatic heterocycles. The Morgan fingerprint density at radius 2 is 1.72 bits per heavy atom. The van der Waals surface area contributed by atoms with Crippen LogP contribution in [0.2, 0.25) is 15.1 Å². The highest BCUT2D eigenvalue weighted by Crippen LogP contribution is 2.31. The smallest absolute Gasteiger partial charge is 0.103 e. The minimum absolute atomic E-state index is 0.380. The summed E-state index contributed by atoms with van der Waals surface area (Å²) in [6, 6.07) is 12.3. The highest BCUT2D eigenvalue weighted by atomic mass is 35.5. The van der Waals surface area contributed by atoms with Crippen molar-refractivity contribution in [1.82, 2.24) is 0 Å². The molecule has 0 radical (unpaired) electrons. The molecule has 18 heavy (non-hydrogen) atoms. The Morgan fingerprint density at radius 1 is 0.944 bits per heavy atom. The molecule has 5 heteroatoms. The minimum Gasteiger partial charge on any atom is -0.353 e. The molecule has 0 spiro atoms. The van der Waals surface area contributed by atoms with E-state index in [2.05, 4.69) is 11.4 Å². The summed E-state index contributed by atoms with van der Waals surface area (Å²) >= 11 is 17.8. The summed E-state index contributed by atoms with van der Waals surface area (Å²) in [7, 11) is 0. The Morgan fingerprint density at radius 3 is 2.39 bits per heavy atom. The fraction of sp³-hybridized carbons (Fsp3) is 0. The molecule has 0 unspecified atom stereocenters. The molecule has 2 aromatic rings. The van der Waals surface area contributed by atoms with Gasteiger partial charge in [0.15, 0.2) is 0 Å². The number of hydrogen-bond donors (Lipinski definition) is 1. The number of rotatable bonds is 2. The van der Waals surface area contributed by atoms with Crippen molar-refractivity contribution in [2.45, 2.75) is 0 Å². The highest BCUT2D eigenvalue weighted by molar-refractivity contribution is 6.36. The van der Waals surface area contributed by atoms with Crippen LogP contribution < -0.4 is 5.32 Å². The molecule has 90 valence electrons. The van der Waals surface area contributed by atoms with Crippen molar-refractivity contribution in [2.24, 2.45) is 0 Å². The molecule has 0 aliphatic carbocycles. The molecule has 0 saturated carbocycles. The van der Waals surface area contributed by atoms with Crippen LogP contribution in [-0.2, 0) is 0 Å². The van der Waals surface area contributed by atoms with Gasteiger partial charge in [0.05, 0.1) is 27.0 Å². The molecular weight excluding hydrogens is 291 g/mol. The van der Waals surface area contributed by atoms with Gasteiger partial charge in [0.1, 0.15) is 6.07 Å². The van der Waals surface area contributed by atoms with E-state index in [0.29, 0.717) is 32.0 Å². The fourth-order valence-corrected chi connectivity index (χ4v) is 2.15. The van der Waals surface area contributed by atoms with Crippen LogP contribution in [0.1, 0.15) is 5.56 Å². The molecule has 0 heterocycles. The van der Waals surface area contributed by atoms with E-state index < -0.39 is 0 Å². The first-order chi connectivity index (χ1) is 8.61. The third-order valence-corrected chi connectivity index (χ3v) is 3.19. The lowest BCUT2D eigenvalue weighted by molar-refractivity contribution is 1.46.